The Labute approximate surface area is 169 Å². The second kappa shape index (κ2) is 6.68. The molecule has 1 aromatic heterocycles. The minimum atomic E-state index is 0.0244. The van der Waals surface area contributed by atoms with E-state index in [2.05, 4.69) is 84.3 Å². The molecular weight excluding hydrogens is 400 g/mol. The number of H-pyrrole nitrogens is 1. The monoisotopic (exact) mass is 426 g/mol. The van der Waals surface area contributed by atoms with Gasteiger partial charge in [-0.3, -0.25) is 0 Å². The molecule has 2 heterocycles. The zero-order chi connectivity index (χ0) is 19.3. The van der Waals surface area contributed by atoms with Crippen LogP contribution in [0.4, 0.5) is 0 Å². The van der Waals surface area contributed by atoms with E-state index in [4.69, 9.17) is 4.74 Å². The number of ether oxygens (including phenoxy) is 1. The molecular formula is C23H27BrN2O. The number of rotatable bonds is 2. The van der Waals surface area contributed by atoms with Gasteiger partial charge in [0, 0.05) is 27.6 Å². The summed E-state index contributed by atoms with van der Waals surface area (Å²) in [4.78, 5) is 3.69. The summed E-state index contributed by atoms with van der Waals surface area (Å²) >= 11 is 3.62. The van der Waals surface area contributed by atoms with Crippen LogP contribution in [0, 0.1) is 6.92 Å². The number of benzene rings is 2. The highest BCUT2D eigenvalue weighted by Gasteiger charge is 2.29. The van der Waals surface area contributed by atoms with Crippen LogP contribution < -0.4 is 10.1 Å². The molecule has 0 fully saturated rings. The molecule has 3 aromatic rings. The van der Waals surface area contributed by atoms with E-state index < -0.39 is 0 Å². The van der Waals surface area contributed by atoms with E-state index >= 15 is 0 Å². The van der Waals surface area contributed by atoms with Gasteiger partial charge in [0.25, 0.3) is 0 Å². The molecule has 2 aromatic carbocycles. The van der Waals surface area contributed by atoms with Crippen LogP contribution in [0.15, 0.2) is 34.8 Å². The first-order valence-electron chi connectivity index (χ1n) is 9.52. The highest BCUT2D eigenvalue weighted by atomic mass is 79.9. The van der Waals surface area contributed by atoms with Crippen LogP contribution in [0.3, 0.4) is 0 Å². The van der Waals surface area contributed by atoms with Crippen molar-refractivity contribution in [3.8, 4) is 5.75 Å². The van der Waals surface area contributed by atoms with Gasteiger partial charge >= 0.3 is 0 Å². The lowest BCUT2D eigenvalue weighted by Gasteiger charge is -2.29. The fourth-order valence-corrected chi connectivity index (χ4v) is 4.59. The maximum absolute atomic E-state index is 5.69. The lowest BCUT2D eigenvalue weighted by molar-refractivity contribution is 0.396. The highest BCUT2D eigenvalue weighted by Crippen LogP contribution is 2.40. The Kier molecular flexibility index (Phi) is 4.59. The molecule has 1 atom stereocenters. The molecule has 0 saturated carbocycles. The van der Waals surface area contributed by atoms with Gasteiger partial charge in [-0.05, 0) is 71.3 Å². The SMILES string of the molecule is COc1cc(C)c(C2NCCc3c2[nH]c2ccc(Br)cc32)cc1C(C)(C)C. The predicted octanol–water partition coefficient (Wildman–Crippen LogP) is 5.78. The van der Waals surface area contributed by atoms with Crippen LogP contribution in [0.25, 0.3) is 10.9 Å². The van der Waals surface area contributed by atoms with Crippen LogP contribution in [-0.2, 0) is 11.8 Å². The molecule has 0 spiro atoms. The minimum Gasteiger partial charge on any atom is -0.496 e. The number of hydrogen-bond donors (Lipinski definition) is 2. The number of aromatic nitrogens is 1. The normalized spacial score (nSPS) is 17.2. The summed E-state index contributed by atoms with van der Waals surface area (Å²) in [5.74, 6) is 0.973. The predicted molar refractivity (Wildman–Crippen MR) is 116 cm³/mol. The zero-order valence-corrected chi connectivity index (χ0v) is 18.3. The van der Waals surface area contributed by atoms with Gasteiger partial charge in [-0.25, -0.2) is 0 Å². The standard InChI is InChI=1S/C23H27BrN2O/c1-13-10-20(27-5)18(23(2,3)4)12-16(13)21-22-15(8-9-25-21)17-11-14(24)6-7-19(17)26-22/h6-7,10-12,21,25-26H,8-9H2,1-5H3. The van der Waals surface area contributed by atoms with E-state index in [1.807, 2.05) is 0 Å². The first-order valence-corrected chi connectivity index (χ1v) is 10.3. The summed E-state index contributed by atoms with van der Waals surface area (Å²) in [6.07, 6.45) is 1.05. The Morgan fingerprint density at radius 1 is 1.15 bits per heavy atom. The van der Waals surface area contributed by atoms with Gasteiger partial charge in [-0.2, -0.15) is 0 Å². The van der Waals surface area contributed by atoms with E-state index in [1.54, 1.807) is 7.11 Å². The molecule has 4 heteroatoms. The molecule has 142 valence electrons. The number of aryl methyl sites for hydroxylation is 1. The van der Waals surface area contributed by atoms with Gasteiger partial charge in [0.15, 0.2) is 0 Å². The summed E-state index contributed by atoms with van der Waals surface area (Å²) in [6, 6.07) is 11.2. The maximum Gasteiger partial charge on any atom is 0.122 e. The van der Waals surface area contributed by atoms with E-state index in [0.29, 0.717) is 0 Å². The first kappa shape index (κ1) is 18.6. The maximum atomic E-state index is 5.69. The zero-order valence-electron chi connectivity index (χ0n) is 16.7. The number of nitrogens with one attached hydrogen (secondary N) is 2. The highest BCUT2D eigenvalue weighted by molar-refractivity contribution is 9.10. The Balaban J connectivity index is 1.90. The topological polar surface area (TPSA) is 37.0 Å². The van der Waals surface area contributed by atoms with Crippen LogP contribution in [0.1, 0.15) is 54.8 Å². The van der Waals surface area contributed by atoms with Crippen LogP contribution in [0.5, 0.6) is 5.75 Å². The van der Waals surface area contributed by atoms with Crippen molar-refractivity contribution in [2.75, 3.05) is 13.7 Å². The number of halogens is 1. The molecule has 1 aliphatic heterocycles. The molecule has 4 rings (SSSR count). The van der Waals surface area contributed by atoms with Gasteiger partial charge < -0.3 is 15.0 Å². The quantitative estimate of drug-likeness (QED) is 0.544. The summed E-state index contributed by atoms with van der Waals surface area (Å²) in [6.45, 7) is 9.88. The molecule has 3 nitrogen and oxygen atoms in total. The van der Waals surface area contributed by atoms with E-state index in [-0.39, 0.29) is 11.5 Å². The molecule has 0 saturated heterocycles. The third-order valence-electron chi connectivity index (χ3n) is 5.62. The fraction of sp³-hybridized carbons (Fsp3) is 0.391. The average Bonchev–Trinajstić information content (AvgIpc) is 2.98. The minimum absolute atomic E-state index is 0.0244. The number of methoxy groups -OCH3 is 1. The van der Waals surface area contributed by atoms with Crippen molar-refractivity contribution in [1.29, 1.82) is 0 Å². The van der Waals surface area contributed by atoms with Gasteiger partial charge in [-0.1, -0.05) is 36.7 Å². The van der Waals surface area contributed by atoms with Gasteiger partial charge in [-0.15, -0.1) is 0 Å². The second-order valence-electron chi connectivity index (χ2n) is 8.50. The molecule has 1 aliphatic rings. The molecule has 0 bridgehead atoms. The third-order valence-corrected chi connectivity index (χ3v) is 6.11. The third kappa shape index (κ3) is 3.19. The van der Waals surface area contributed by atoms with Crippen molar-refractivity contribution >= 4 is 26.8 Å². The molecule has 0 amide bonds. The van der Waals surface area contributed by atoms with E-state index in [0.717, 1.165) is 23.2 Å². The van der Waals surface area contributed by atoms with E-state index in [9.17, 15) is 0 Å². The Morgan fingerprint density at radius 3 is 2.63 bits per heavy atom. The largest absolute Gasteiger partial charge is 0.496 e. The second-order valence-corrected chi connectivity index (χ2v) is 9.42. The molecule has 2 N–H and O–H groups in total. The van der Waals surface area contributed by atoms with Crippen LogP contribution in [-0.4, -0.2) is 18.6 Å². The lowest BCUT2D eigenvalue weighted by Crippen LogP contribution is -2.31. The van der Waals surface area contributed by atoms with Crippen molar-refractivity contribution in [1.82, 2.24) is 10.3 Å². The number of fused-ring (bicyclic) bond motifs is 3. The van der Waals surface area contributed by atoms with E-state index in [1.165, 1.54) is 38.9 Å². The summed E-state index contributed by atoms with van der Waals surface area (Å²) in [7, 11) is 1.76. The number of hydrogen-bond acceptors (Lipinski definition) is 2. The van der Waals surface area contributed by atoms with Crippen molar-refractivity contribution in [3.05, 3.63) is 62.8 Å². The number of aromatic amines is 1. The first-order chi connectivity index (χ1) is 12.8. The Hall–Kier alpha value is -1.78. The molecule has 1 unspecified atom stereocenters. The average molecular weight is 427 g/mol. The summed E-state index contributed by atoms with van der Waals surface area (Å²) < 4.78 is 6.82. The van der Waals surface area contributed by atoms with Crippen molar-refractivity contribution < 1.29 is 4.74 Å². The van der Waals surface area contributed by atoms with Crippen LogP contribution >= 0.6 is 15.9 Å². The molecule has 0 radical (unpaired) electrons. The van der Waals surface area contributed by atoms with Gasteiger partial charge in [0.2, 0.25) is 0 Å². The molecule has 27 heavy (non-hydrogen) atoms. The van der Waals surface area contributed by atoms with Crippen molar-refractivity contribution in [2.45, 2.75) is 45.6 Å². The smallest absolute Gasteiger partial charge is 0.122 e. The summed E-state index contributed by atoms with van der Waals surface area (Å²) in [5.41, 5.74) is 7.79. The van der Waals surface area contributed by atoms with Gasteiger partial charge in [0.1, 0.15) is 5.75 Å². The fourth-order valence-electron chi connectivity index (χ4n) is 4.23. The Bertz CT molecular complexity index is 1010. The molecule has 0 aliphatic carbocycles. The van der Waals surface area contributed by atoms with Gasteiger partial charge in [0.05, 0.1) is 13.2 Å². The lowest BCUT2D eigenvalue weighted by atomic mass is 9.82. The summed E-state index contributed by atoms with van der Waals surface area (Å²) in [5, 5.41) is 5.07. The van der Waals surface area contributed by atoms with Crippen molar-refractivity contribution in [2.24, 2.45) is 0 Å². The van der Waals surface area contributed by atoms with Crippen molar-refractivity contribution in [3.63, 3.8) is 0 Å². The Morgan fingerprint density at radius 2 is 1.93 bits per heavy atom. The van der Waals surface area contributed by atoms with Crippen LogP contribution in [0.2, 0.25) is 0 Å².